The van der Waals surface area contributed by atoms with Crippen LogP contribution in [-0.4, -0.2) is 53.5 Å². The maximum Gasteiger partial charge on any atom is 0.236 e. The van der Waals surface area contributed by atoms with Crippen LogP contribution in [0.1, 0.15) is 44.3 Å². The number of likely N-dealkylation sites (tertiary alicyclic amines) is 2. The van der Waals surface area contributed by atoms with Crippen LogP contribution in [0.2, 0.25) is 0 Å². The van der Waals surface area contributed by atoms with E-state index >= 15 is 0 Å². The van der Waals surface area contributed by atoms with Gasteiger partial charge in [-0.15, -0.1) is 0 Å². The second kappa shape index (κ2) is 8.13. The van der Waals surface area contributed by atoms with E-state index < -0.39 is 0 Å². The fourth-order valence-electron chi connectivity index (χ4n) is 4.06. The lowest BCUT2D eigenvalue weighted by molar-refractivity contribution is -0.134. The average molecular weight is 330 g/mol. The Labute approximate surface area is 145 Å². The first-order chi connectivity index (χ1) is 11.6. The maximum atomic E-state index is 12.5. The average Bonchev–Trinajstić information content (AvgIpc) is 2.62. The minimum atomic E-state index is -0.382. The lowest BCUT2D eigenvalue weighted by atomic mass is 9.87. The molecule has 24 heavy (non-hydrogen) atoms. The molecule has 132 valence electrons. The van der Waals surface area contributed by atoms with Gasteiger partial charge in [0, 0.05) is 13.1 Å². The van der Waals surface area contributed by atoms with Crippen molar-refractivity contribution < 1.29 is 9.90 Å². The monoisotopic (exact) mass is 330 g/mol. The first-order valence-corrected chi connectivity index (χ1v) is 9.36. The molecule has 1 amide bonds. The van der Waals surface area contributed by atoms with Gasteiger partial charge in [-0.2, -0.15) is 0 Å². The van der Waals surface area contributed by atoms with Gasteiger partial charge in [0.15, 0.2) is 0 Å². The van der Waals surface area contributed by atoms with E-state index in [2.05, 4.69) is 11.8 Å². The fraction of sp³-hybridized carbons (Fsp3) is 0.650. The third-order valence-electron chi connectivity index (χ3n) is 5.59. The third kappa shape index (κ3) is 4.37. The maximum absolute atomic E-state index is 12.5. The molecule has 2 fully saturated rings. The molecule has 4 nitrogen and oxygen atoms in total. The van der Waals surface area contributed by atoms with Gasteiger partial charge in [-0.1, -0.05) is 37.3 Å². The quantitative estimate of drug-likeness (QED) is 0.923. The van der Waals surface area contributed by atoms with Gasteiger partial charge in [-0.3, -0.25) is 9.69 Å². The summed E-state index contributed by atoms with van der Waals surface area (Å²) >= 11 is 0. The zero-order chi connectivity index (χ0) is 16.9. The molecule has 3 rings (SSSR count). The van der Waals surface area contributed by atoms with Gasteiger partial charge in [0.1, 0.15) is 0 Å². The van der Waals surface area contributed by atoms with E-state index in [4.69, 9.17) is 0 Å². The van der Waals surface area contributed by atoms with Crippen LogP contribution < -0.4 is 0 Å². The molecule has 2 unspecified atom stereocenters. The first-order valence-electron chi connectivity index (χ1n) is 9.36. The number of aliphatic hydroxyl groups is 1. The number of benzene rings is 1. The summed E-state index contributed by atoms with van der Waals surface area (Å²) in [7, 11) is 0. The molecule has 0 spiro atoms. The Hall–Kier alpha value is -1.39. The van der Waals surface area contributed by atoms with Crippen molar-refractivity contribution >= 4 is 5.91 Å². The van der Waals surface area contributed by atoms with Crippen LogP contribution in [0.3, 0.4) is 0 Å². The van der Waals surface area contributed by atoms with Crippen molar-refractivity contribution in [1.82, 2.24) is 9.80 Å². The zero-order valence-electron chi connectivity index (χ0n) is 14.7. The Kier molecular flexibility index (Phi) is 5.90. The van der Waals surface area contributed by atoms with Crippen molar-refractivity contribution in [1.29, 1.82) is 0 Å². The standard InChI is InChI=1S/C20H30N2O2/c1-16-6-5-11-22(14-16)19(23)15-21-12-9-18(10-13-21)20(24)17-7-3-2-4-8-17/h2-4,7-8,16,18,20,24H,5-6,9-15H2,1H3. The van der Waals surface area contributed by atoms with E-state index in [1.165, 1.54) is 6.42 Å². The topological polar surface area (TPSA) is 43.8 Å². The van der Waals surface area contributed by atoms with Gasteiger partial charge >= 0.3 is 0 Å². The second-order valence-electron chi connectivity index (χ2n) is 7.56. The number of hydrogen-bond acceptors (Lipinski definition) is 3. The fourth-order valence-corrected chi connectivity index (χ4v) is 4.06. The molecule has 2 saturated heterocycles. The number of piperidine rings is 2. The molecule has 4 heteroatoms. The van der Waals surface area contributed by atoms with Crippen LogP contribution in [0.25, 0.3) is 0 Å². The van der Waals surface area contributed by atoms with E-state index in [1.54, 1.807) is 0 Å². The Morgan fingerprint density at radius 3 is 2.54 bits per heavy atom. The Balaban J connectivity index is 1.46. The highest BCUT2D eigenvalue weighted by molar-refractivity contribution is 5.78. The van der Waals surface area contributed by atoms with Gasteiger partial charge in [0.25, 0.3) is 0 Å². The number of nitrogens with zero attached hydrogens (tertiary/aromatic N) is 2. The summed E-state index contributed by atoms with van der Waals surface area (Å²) in [5, 5.41) is 10.6. The molecule has 2 atom stereocenters. The molecule has 0 aliphatic carbocycles. The first kappa shape index (κ1) is 17.4. The molecule has 0 bridgehead atoms. The lowest BCUT2D eigenvalue weighted by Gasteiger charge is -2.36. The van der Waals surface area contributed by atoms with Crippen molar-refractivity contribution in [2.75, 3.05) is 32.7 Å². The summed E-state index contributed by atoms with van der Waals surface area (Å²) in [6, 6.07) is 9.93. The van der Waals surface area contributed by atoms with E-state index in [-0.39, 0.29) is 12.0 Å². The summed E-state index contributed by atoms with van der Waals surface area (Å²) < 4.78 is 0. The van der Waals surface area contributed by atoms with Crippen LogP contribution in [0.4, 0.5) is 0 Å². The predicted octanol–water partition coefficient (Wildman–Crippen LogP) is 2.69. The number of hydrogen-bond donors (Lipinski definition) is 1. The molecule has 2 heterocycles. The van der Waals surface area contributed by atoms with E-state index in [1.807, 2.05) is 35.2 Å². The molecule has 2 aliphatic heterocycles. The van der Waals surface area contributed by atoms with Crippen LogP contribution >= 0.6 is 0 Å². The van der Waals surface area contributed by atoms with Crippen LogP contribution in [0.5, 0.6) is 0 Å². The molecular weight excluding hydrogens is 300 g/mol. The summed E-state index contributed by atoms with van der Waals surface area (Å²) in [6.07, 6.45) is 3.91. The molecule has 0 radical (unpaired) electrons. The van der Waals surface area contributed by atoms with Crippen molar-refractivity contribution in [3.8, 4) is 0 Å². The van der Waals surface area contributed by atoms with Gasteiger partial charge < -0.3 is 10.0 Å². The Bertz CT molecular complexity index is 526. The van der Waals surface area contributed by atoms with Gasteiger partial charge in [0.2, 0.25) is 5.91 Å². The molecule has 0 saturated carbocycles. The summed E-state index contributed by atoms with van der Waals surface area (Å²) in [5.41, 5.74) is 1.01. The smallest absolute Gasteiger partial charge is 0.236 e. The number of carbonyl (C=O) groups is 1. The molecular formula is C20H30N2O2. The number of aliphatic hydroxyl groups excluding tert-OH is 1. The molecule has 0 aromatic heterocycles. The van der Waals surface area contributed by atoms with Gasteiger partial charge in [0.05, 0.1) is 12.6 Å². The summed E-state index contributed by atoms with van der Waals surface area (Å²) in [6.45, 7) is 6.43. The SMILES string of the molecule is CC1CCCN(C(=O)CN2CCC(C(O)c3ccccc3)CC2)C1. The highest BCUT2D eigenvalue weighted by atomic mass is 16.3. The molecule has 1 N–H and O–H groups in total. The van der Waals surface area contributed by atoms with Gasteiger partial charge in [-0.25, -0.2) is 0 Å². The minimum Gasteiger partial charge on any atom is -0.388 e. The van der Waals surface area contributed by atoms with E-state index in [0.717, 1.165) is 51.0 Å². The van der Waals surface area contributed by atoms with Crippen molar-refractivity contribution in [3.05, 3.63) is 35.9 Å². The number of carbonyl (C=O) groups excluding carboxylic acids is 1. The third-order valence-corrected chi connectivity index (χ3v) is 5.59. The molecule has 1 aromatic carbocycles. The van der Waals surface area contributed by atoms with Crippen LogP contribution in [0.15, 0.2) is 30.3 Å². The second-order valence-corrected chi connectivity index (χ2v) is 7.56. The Morgan fingerprint density at radius 2 is 1.88 bits per heavy atom. The predicted molar refractivity (Wildman–Crippen MR) is 95.5 cm³/mol. The minimum absolute atomic E-state index is 0.281. The highest BCUT2D eigenvalue weighted by Crippen LogP contribution is 2.30. The summed E-state index contributed by atoms with van der Waals surface area (Å²) in [4.78, 5) is 16.8. The number of rotatable bonds is 4. The lowest BCUT2D eigenvalue weighted by Crippen LogP contribution is -2.46. The number of amides is 1. The van der Waals surface area contributed by atoms with Crippen LogP contribution in [-0.2, 0) is 4.79 Å². The van der Waals surface area contributed by atoms with Crippen molar-refractivity contribution in [3.63, 3.8) is 0 Å². The van der Waals surface area contributed by atoms with E-state index in [0.29, 0.717) is 18.4 Å². The van der Waals surface area contributed by atoms with Crippen molar-refractivity contribution in [2.45, 2.75) is 38.7 Å². The largest absolute Gasteiger partial charge is 0.388 e. The van der Waals surface area contributed by atoms with Gasteiger partial charge in [-0.05, 0) is 56.2 Å². The van der Waals surface area contributed by atoms with E-state index in [9.17, 15) is 9.90 Å². The molecule has 1 aromatic rings. The van der Waals surface area contributed by atoms with Crippen molar-refractivity contribution in [2.24, 2.45) is 11.8 Å². The molecule has 2 aliphatic rings. The Morgan fingerprint density at radius 1 is 1.17 bits per heavy atom. The summed E-state index contributed by atoms with van der Waals surface area (Å²) in [5.74, 6) is 1.21. The zero-order valence-corrected chi connectivity index (χ0v) is 14.7. The normalized spacial score (nSPS) is 24.8. The highest BCUT2D eigenvalue weighted by Gasteiger charge is 2.28. The van der Waals surface area contributed by atoms with Crippen LogP contribution in [0, 0.1) is 11.8 Å².